The number of rotatable bonds is 6. The number of aryl methyl sites for hydroxylation is 2. The normalized spacial score (nSPS) is 12.4. The van der Waals surface area contributed by atoms with Crippen molar-refractivity contribution in [2.45, 2.75) is 33.0 Å². The maximum Gasteiger partial charge on any atom is 0.422 e. The molecule has 0 saturated heterocycles. The van der Waals surface area contributed by atoms with E-state index in [1.165, 1.54) is 19.4 Å². The zero-order chi connectivity index (χ0) is 20.2. The number of pyridine rings is 1. The maximum atomic E-state index is 12.4. The van der Waals surface area contributed by atoms with E-state index in [9.17, 15) is 18.0 Å². The first kappa shape index (κ1) is 20.4. The Morgan fingerprint density at radius 3 is 2.56 bits per heavy atom. The summed E-state index contributed by atoms with van der Waals surface area (Å²) in [5, 5.41) is 2.75. The monoisotopic (exact) mass is 384 g/mol. The van der Waals surface area contributed by atoms with Crippen molar-refractivity contribution in [3.05, 3.63) is 40.8 Å². The van der Waals surface area contributed by atoms with Gasteiger partial charge in [0.1, 0.15) is 5.69 Å². The van der Waals surface area contributed by atoms with Gasteiger partial charge in [0.15, 0.2) is 6.61 Å². The summed E-state index contributed by atoms with van der Waals surface area (Å²) in [6, 6.07) is 2.75. The molecule has 1 atom stereocenters. The fourth-order valence-electron chi connectivity index (χ4n) is 2.22. The van der Waals surface area contributed by atoms with E-state index in [0.717, 1.165) is 0 Å². The summed E-state index contributed by atoms with van der Waals surface area (Å²) < 4.78 is 46.4. The summed E-state index contributed by atoms with van der Waals surface area (Å²) in [7, 11) is 1.40. The first-order chi connectivity index (χ1) is 12.6. The zero-order valence-corrected chi connectivity index (χ0v) is 15.2. The number of halogens is 3. The SMILES string of the molecule is COc1nc(C)cc(C(=O)NC(C)c2cnc(OCC(F)(F)F)c(C)c2)n1. The first-order valence-corrected chi connectivity index (χ1v) is 7.95. The van der Waals surface area contributed by atoms with Crippen LogP contribution in [0.4, 0.5) is 13.2 Å². The molecule has 27 heavy (non-hydrogen) atoms. The number of hydrogen-bond donors (Lipinski definition) is 1. The molecular formula is C17H19F3N4O3. The quantitative estimate of drug-likeness (QED) is 0.824. The Morgan fingerprint density at radius 1 is 1.26 bits per heavy atom. The van der Waals surface area contributed by atoms with Crippen LogP contribution in [0.3, 0.4) is 0 Å². The van der Waals surface area contributed by atoms with Crippen LogP contribution in [0.5, 0.6) is 11.9 Å². The molecule has 1 unspecified atom stereocenters. The second-order valence-electron chi connectivity index (χ2n) is 5.87. The van der Waals surface area contributed by atoms with Crippen LogP contribution in [0.15, 0.2) is 18.3 Å². The summed E-state index contributed by atoms with van der Waals surface area (Å²) in [5.74, 6) is -0.549. The molecule has 0 spiro atoms. The van der Waals surface area contributed by atoms with E-state index < -0.39 is 24.7 Å². The summed E-state index contributed by atoms with van der Waals surface area (Å²) in [4.78, 5) is 24.3. The molecule has 1 N–H and O–H groups in total. The topological polar surface area (TPSA) is 86.2 Å². The Bertz CT molecular complexity index is 828. The number of carbonyl (C=O) groups excluding carboxylic acids is 1. The molecule has 0 fully saturated rings. The van der Waals surface area contributed by atoms with E-state index in [1.54, 1.807) is 26.8 Å². The summed E-state index contributed by atoms with van der Waals surface area (Å²) in [6.07, 6.45) is -3.08. The van der Waals surface area contributed by atoms with Crippen LogP contribution in [0.2, 0.25) is 0 Å². The smallest absolute Gasteiger partial charge is 0.422 e. The fourth-order valence-corrected chi connectivity index (χ4v) is 2.22. The molecule has 7 nitrogen and oxygen atoms in total. The molecule has 10 heteroatoms. The van der Waals surface area contributed by atoms with Crippen molar-refractivity contribution in [2.75, 3.05) is 13.7 Å². The van der Waals surface area contributed by atoms with Crippen molar-refractivity contribution in [1.82, 2.24) is 20.3 Å². The largest absolute Gasteiger partial charge is 0.468 e. The van der Waals surface area contributed by atoms with Gasteiger partial charge < -0.3 is 14.8 Å². The Kier molecular flexibility index (Phi) is 6.19. The van der Waals surface area contributed by atoms with Crippen LogP contribution in [0.1, 0.15) is 40.3 Å². The lowest BCUT2D eigenvalue weighted by atomic mass is 10.1. The molecule has 0 radical (unpaired) electrons. The Balaban J connectivity index is 2.09. The molecule has 1 amide bonds. The minimum Gasteiger partial charge on any atom is -0.468 e. The molecule has 2 aromatic rings. The highest BCUT2D eigenvalue weighted by atomic mass is 19.4. The summed E-state index contributed by atoms with van der Waals surface area (Å²) in [5.41, 5.74) is 1.75. The van der Waals surface area contributed by atoms with Gasteiger partial charge in [-0.25, -0.2) is 9.97 Å². The molecule has 0 aliphatic heterocycles. The minimum absolute atomic E-state index is 0.0801. The number of nitrogens with one attached hydrogen (secondary N) is 1. The van der Waals surface area contributed by atoms with Gasteiger partial charge in [0.05, 0.1) is 13.2 Å². The van der Waals surface area contributed by atoms with E-state index in [1.807, 2.05) is 0 Å². The average molecular weight is 384 g/mol. The molecular weight excluding hydrogens is 365 g/mol. The molecule has 0 aromatic carbocycles. The van der Waals surface area contributed by atoms with Gasteiger partial charge in [0.2, 0.25) is 5.88 Å². The minimum atomic E-state index is -4.44. The van der Waals surface area contributed by atoms with Crippen molar-refractivity contribution in [3.63, 3.8) is 0 Å². The van der Waals surface area contributed by atoms with Gasteiger partial charge in [-0.15, -0.1) is 0 Å². The molecule has 0 saturated carbocycles. The van der Waals surface area contributed by atoms with Crippen molar-refractivity contribution in [2.24, 2.45) is 0 Å². The Morgan fingerprint density at radius 2 is 1.96 bits per heavy atom. The molecule has 0 aliphatic rings. The number of alkyl halides is 3. The number of carbonyl (C=O) groups is 1. The van der Waals surface area contributed by atoms with Crippen molar-refractivity contribution >= 4 is 5.91 Å². The van der Waals surface area contributed by atoms with E-state index in [4.69, 9.17) is 4.74 Å². The maximum absolute atomic E-state index is 12.4. The number of amides is 1. The molecule has 0 bridgehead atoms. The van der Waals surface area contributed by atoms with Crippen LogP contribution < -0.4 is 14.8 Å². The summed E-state index contributed by atoms with van der Waals surface area (Å²) >= 11 is 0. The highest BCUT2D eigenvalue weighted by Gasteiger charge is 2.29. The third-order valence-electron chi connectivity index (χ3n) is 3.52. The third kappa shape index (κ3) is 5.80. The van der Waals surface area contributed by atoms with E-state index in [-0.39, 0.29) is 17.6 Å². The lowest BCUT2D eigenvalue weighted by Gasteiger charge is -2.16. The molecule has 146 valence electrons. The second-order valence-corrected chi connectivity index (χ2v) is 5.87. The van der Waals surface area contributed by atoms with Crippen LogP contribution in [0, 0.1) is 13.8 Å². The molecule has 2 heterocycles. The van der Waals surface area contributed by atoms with Crippen LogP contribution >= 0.6 is 0 Å². The number of nitrogens with zero attached hydrogens (tertiary/aromatic N) is 3. The summed E-state index contributed by atoms with van der Waals surface area (Å²) in [6.45, 7) is 3.59. The van der Waals surface area contributed by atoms with Gasteiger partial charge in [-0.05, 0) is 38.5 Å². The van der Waals surface area contributed by atoms with Crippen molar-refractivity contribution in [3.8, 4) is 11.9 Å². The van der Waals surface area contributed by atoms with Crippen LogP contribution in [0.25, 0.3) is 0 Å². The molecule has 2 aromatic heterocycles. The van der Waals surface area contributed by atoms with Crippen LogP contribution in [-0.4, -0.2) is 40.8 Å². The Hall–Kier alpha value is -2.91. The number of methoxy groups -OCH3 is 1. The molecule has 2 rings (SSSR count). The van der Waals surface area contributed by atoms with E-state index >= 15 is 0 Å². The lowest BCUT2D eigenvalue weighted by molar-refractivity contribution is -0.154. The van der Waals surface area contributed by atoms with Gasteiger partial charge in [-0.2, -0.15) is 18.2 Å². The number of aromatic nitrogens is 3. The van der Waals surface area contributed by atoms with E-state index in [0.29, 0.717) is 16.8 Å². The third-order valence-corrected chi connectivity index (χ3v) is 3.52. The lowest BCUT2D eigenvalue weighted by Crippen LogP contribution is -2.28. The van der Waals surface area contributed by atoms with Gasteiger partial charge in [0, 0.05) is 17.5 Å². The fraction of sp³-hybridized carbons (Fsp3) is 0.412. The van der Waals surface area contributed by atoms with Crippen molar-refractivity contribution in [1.29, 1.82) is 0 Å². The highest BCUT2D eigenvalue weighted by molar-refractivity contribution is 5.92. The second kappa shape index (κ2) is 8.19. The van der Waals surface area contributed by atoms with Crippen molar-refractivity contribution < 1.29 is 27.4 Å². The van der Waals surface area contributed by atoms with Gasteiger partial charge in [-0.3, -0.25) is 4.79 Å². The molecule has 0 aliphatic carbocycles. The number of ether oxygens (including phenoxy) is 2. The first-order valence-electron chi connectivity index (χ1n) is 7.95. The number of hydrogen-bond acceptors (Lipinski definition) is 6. The van der Waals surface area contributed by atoms with Gasteiger partial charge >= 0.3 is 12.2 Å². The standard InChI is InChI=1S/C17H19F3N4O3/c1-9-5-12(7-21-15(9)27-8-17(18,19)20)11(3)23-14(25)13-6-10(2)22-16(24-13)26-4/h5-7,11H,8H2,1-4H3,(H,23,25). The van der Waals surface area contributed by atoms with Crippen LogP contribution in [-0.2, 0) is 0 Å². The Labute approximate surface area is 154 Å². The highest BCUT2D eigenvalue weighted by Crippen LogP contribution is 2.22. The van der Waals surface area contributed by atoms with Gasteiger partial charge in [-0.1, -0.05) is 0 Å². The predicted molar refractivity (Wildman–Crippen MR) is 89.7 cm³/mol. The average Bonchev–Trinajstić information content (AvgIpc) is 2.59. The zero-order valence-electron chi connectivity index (χ0n) is 15.2. The predicted octanol–water partition coefficient (Wildman–Crippen LogP) is 2.93. The van der Waals surface area contributed by atoms with Gasteiger partial charge in [0.25, 0.3) is 5.91 Å². The van der Waals surface area contributed by atoms with E-state index in [2.05, 4.69) is 25.0 Å².